The van der Waals surface area contributed by atoms with Crippen molar-refractivity contribution < 1.29 is 9.18 Å². The van der Waals surface area contributed by atoms with Crippen LogP contribution in [0.5, 0.6) is 0 Å². The Morgan fingerprint density at radius 3 is 3.05 bits per heavy atom. The van der Waals surface area contributed by atoms with Crippen LogP contribution in [-0.2, 0) is 11.3 Å². The molecule has 0 aliphatic rings. The number of rotatable bonds is 3. The first-order valence-electron chi connectivity index (χ1n) is 5.84. The molecule has 2 heterocycles. The highest BCUT2D eigenvalue weighted by Crippen LogP contribution is 2.09. The number of aromatic nitrogens is 4. The molecule has 2 aromatic heterocycles. The maximum Gasteiger partial charge on any atom is 0.261 e. The van der Waals surface area contributed by atoms with E-state index in [0.29, 0.717) is 10.6 Å². The molecule has 0 unspecified atom stereocenters. The van der Waals surface area contributed by atoms with E-state index in [4.69, 9.17) is 0 Å². The molecule has 1 N–H and O–H groups in total. The van der Waals surface area contributed by atoms with Gasteiger partial charge < -0.3 is 0 Å². The molecule has 0 radical (unpaired) electrons. The first-order chi connectivity index (χ1) is 10.1. The van der Waals surface area contributed by atoms with Crippen molar-refractivity contribution in [3.63, 3.8) is 0 Å². The predicted octanol–water partition coefficient (Wildman–Crippen LogP) is 1.03. The van der Waals surface area contributed by atoms with Gasteiger partial charge in [-0.15, -0.1) is 10.2 Å². The van der Waals surface area contributed by atoms with E-state index in [9.17, 15) is 14.0 Å². The minimum atomic E-state index is -0.530. The second-order valence-electron chi connectivity index (χ2n) is 4.13. The number of benzene rings is 1. The van der Waals surface area contributed by atoms with E-state index in [1.54, 1.807) is 0 Å². The summed E-state index contributed by atoms with van der Waals surface area (Å²) in [6, 6.07) is 3.74. The summed E-state index contributed by atoms with van der Waals surface area (Å²) in [5, 5.41) is 10.2. The van der Waals surface area contributed by atoms with E-state index in [0.717, 1.165) is 22.0 Å². The summed E-state index contributed by atoms with van der Waals surface area (Å²) in [5.41, 5.74) is 1.37. The molecule has 1 amide bonds. The molecule has 106 valence electrons. The van der Waals surface area contributed by atoms with E-state index < -0.39 is 17.3 Å². The molecule has 7 nitrogen and oxygen atoms in total. The van der Waals surface area contributed by atoms with Gasteiger partial charge in [-0.3, -0.25) is 19.5 Å². The van der Waals surface area contributed by atoms with Gasteiger partial charge in [0.2, 0.25) is 11.0 Å². The third kappa shape index (κ3) is 2.77. The van der Waals surface area contributed by atoms with Crippen molar-refractivity contribution in [3.8, 4) is 0 Å². The average Bonchev–Trinajstić information content (AvgIpc) is 2.95. The Labute approximate surface area is 121 Å². The fourth-order valence-corrected chi connectivity index (χ4v) is 2.25. The molecule has 0 atom stereocenters. The normalized spacial score (nSPS) is 10.7. The monoisotopic (exact) mass is 305 g/mol. The first kappa shape index (κ1) is 13.3. The highest BCUT2D eigenvalue weighted by atomic mass is 32.1. The molecule has 0 bridgehead atoms. The number of carbonyl (C=O) groups excluding carboxylic acids is 1. The summed E-state index contributed by atoms with van der Waals surface area (Å²) < 4.78 is 14.3. The number of anilines is 1. The molecule has 0 saturated carbocycles. The highest BCUT2D eigenvalue weighted by Gasteiger charge is 2.10. The first-order valence-corrected chi connectivity index (χ1v) is 6.72. The summed E-state index contributed by atoms with van der Waals surface area (Å²) in [7, 11) is 0. The lowest BCUT2D eigenvalue weighted by atomic mass is 10.2. The molecule has 3 rings (SSSR count). The highest BCUT2D eigenvalue weighted by molar-refractivity contribution is 7.13. The van der Waals surface area contributed by atoms with Gasteiger partial charge >= 0.3 is 0 Å². The van der Waals surface area contributed by atoms with Gasteiger partial charge in [0.15, 0.2) is 0 Å². The maximum atomic E-state index is 13.2. The van der Waals surface area contributed by atoms with Gasteiger partial charge in [-0.2, -0.15) is 0 Å². The number of nitrogens with one attached hydrogen (secondary N) is 1. The zero-order valence-corrected chi connectivity index (χ0v) is 11.3. The van der Waals surface area contributed by atoms with Gasteiger partial charge in [-0.05, 0) is 18.2 Å². The molecule has 0 fully saturated rings. The number of amides is 1. The zero-order chi connectivity index (χ0) is 14.8. The van der Waals surface area contributed by atoms with Gasteiger partial charge in [-0.25, -0.2) is 9.37 Å². The summed E-state index contributed by atoms with van der Waals surface area (Å²) >= 11 is 1.16. The van der Waals surface area contributed by atoms with E-state index in [2.05, 4.69) is 20.5 Å². The Morgan fingerprint density at radius 1 is 1.43 bits per heavy atom. The van der Waals surface area contributed by atoms with Crippen molar-refractivity contribution in [2.45, 2.75) is 6.54 Å². The molecule has 0 aliphatic heterocycles. The van der Waals surface area contributed by atoms with Crippen LogP contribution in [0.2, 0.25) is 0 Å². The Balaban J connectivity index is 1.89. The van der Waals surface area contributed by atoms with Crippen LogP contribution >= 0.6 is 11.3 Å². The van der Waals surface area contributed by atoms with E-state index >= 15 is 0 Å². The summed E-state index contributed by atoms with van der Waals surface area (Å²) in [4.78, 5) is 28.0. The summed E-state index contributed by atoms with van der Waals surface area (Å²) in [6.07, 6.45) is 1.25. The third-order valence-corrected chi connectivity index (χ3v) is 3.31. The number of hydrogen-bond donors (Lipinski definition) is 1. The summed E-state index contributed by atoms with van der Waals surface area (Å²) in [6.45, 7) is -0.238. The lowest BCUT2D eigenvalue weighted by molar-refractivity contribution is -0.116. The van der Waals surface area contributed by atoms with Crippen LogP contribution in [0.25, 0.3) is 10.9 Å². The molecule has 21 heavy (non-hydrogen) atoms. The number of nitrogens with zero attached hydrogens (tertiary/aromatic N) is 4. The van der Waals surface area contributed by atoms with Crippen LogP contribution in [0.3, 0.4) is 0 Å². The van der Waals surface area contributed by atoms with Crippen LogP contribution in [0.4, 0.5) is 9.52 Å². The molecule has 9 heteroatoms. The average molecular weight is 305 g/mol. The second kappa shape index (κ2) is 5.37. The molecule has 3 aromatic rings. The van der Waals surface area contributed by atoms with Gasteiger partial charge in [0, 0.05) is 0 Å². The third-order valence-electron chi connectivity index (χ3n) is 2.71. The second-order valence-corrected chi connectivity index (χ2v) is 4.96. The molecule has 0 spiro atoms. The van der Waals surface area contributed by atoms with Gasteiger partial charge in [0.25, 0.3) is 5.56 Å². The van der Waals surface area contributed by atoms with E-state index in [1.807, 2.05) is 0 Å². The van der Waals surface area contributed by atoms with Crippen molar-refractivity contribution in [2.75, 3.05) is 5.32 Å². The van der Waals surface area contributed by atoms with Crippen LogP contribution in [0.1, 0.15) is 0 Å². The fraction of sp³-hybridized carbons (Fsp3) is 0.0833. The smallest absolute Gasteiger partial charge is 0.261 e. The topological polar surface area (TPSA) is 89.8 Å². The molecule has 0 aliphatic carbocycles. The molecule has 1 aromatic carbocycles. The zero-order valence-electron chi connectivity index (χ0n) is 10.5. The van der Waals surface area contributed by atoms with Gasteiger partial charge in [-0.1, -0.05) is 11.3 Å². The lowest BCUT2D eigenvalue weighted by Gasteiger charge is -2.06. The van der Waals surface area contributed by atoms with Gasteiger partial charge in [0.05, 0.1) is 17.2 Å². The molecular formula is C12H8FN5O2S. The van der Waals surface area contributed by atoms with Crippen LogP contribution in [0.15, 0.2) is 34.8 Å². The van der Waals surface area contributed by atoms with E-state index in [-0.39, 0.29) is 11.9 Å². The Kier molecular flexibility index (Phi) is 3.40. The lowest BCUT2D eigenvalue weighted by Crippen LogP contribution is -2.27. The van der Waals surface area contributed by atoms with Crippen LogP contribution in [-0.4, -0.2) is 25.7 Å². The molecule has 0 saturated heterocycles. The number of halogens is 1. The minimum absolute atomic E-state index is 0.126. The Hall–Kier alpha value is -2.68. The SMILES string of the molecule is O=C(Cn1cnc2ccc(F)cc2c1=O)Nc1nncs1. The van der Waals surface area contributed by atoms with Crippen molar-refractivity contribution in [1.82, 2.24) is 19.7 Å². The van der Waals surface area contributed by atoms with Crippen molar-refractivity contribution in [3.05, 3.63) is 46.2 Å². The standard InChI is InChI=1S/C12H8FN5O2S/c13-7-1-2-9-8(3-7)11(20)18(5-14-9)4-10(19)16-12-17-15-6-21-12/h1-3,5-6H,4H2,(H,16,17,19). The Morgan fingerprint density at radius 2 is 2.29 bits per heavy atom. The Bertz CT molecular complexity index is 862. The van der Waals surface area contributed by atoms with Crippen molar-refractivity contribution >= 4 is 33.3 Å². The van der Waals surface area contributed by atoms with Crippen LogP contribution in [0, 0.1) is 5.82 Å². The largest absolute Gasteiger partial charge is 0.299 e. The number of hydrogen-bond acceptors (Lipinski definition) is 6. The maximum absolute atomic E-state index is 13.2. The summed E-state index contributed by atoms with van der Waals surface area (Å²) in [5.74, 6) is -0.969. The van der Waals surface area contributed by atoms with Crippen molar-refractivity contribution in [2.24, 2.45) is 0 Å². The number of fused-ring (bicyclic) bond motifs is 1. The number of carbonyl (C=O) groups is 1. The minimum Gasteiger partial charge on any atom is -0.299 e. The van der Waals surface area contributed by atoms with Crippen LogP contribution < -0.4 is 10.9 Å². The fourth-order valence-electron chi connectivity index (χ4n) is 1.78. The predicted molar refractivity (Wildman–Crippen MR) is 74.5 cm³/mol. The van der Waals surface area contributed by atoms with Gasteiger partial charge in [0.1, 0.15) is 17.9 Å². The molecular weight excluding hydrogens is 297 g/mol. The quantitative estimate of drug-likeness (QED) is 0.780. The van der Waals surface area contributed by atoms with Crippen molar-refractivity contribution in [1.29, 1.82) is 0 Å². The van der Waals surface area contributed by atoms with E-state index in [1.165, 1.54) is 24.0 Å².